The number of carbonyl (C=O) groups is 5. The molecule has 3 aromatic carbocycles. The zero-order valence-electron chi connectivity index (χ0n) is 31.5. The predicted octanol–water partition coefficient (Wildman–Crippen LogP) is 7.21. The first-order valence-electron chi connectivity index (χ1n) is 17.1. The molecule has 13 nitrogen and oxygen atoms in total. The van der Waals surface area contributed by atoms with E-state index in [-0.39, 0.29) is 23.2 Å². The summed E-state index contributed by atoms with van der Waals surface area (Å²) >= 11 is 0. The monoisotopic (exact) mass is 754 g/mol. The second-order valence-corrected chi connectivity index (χ2v) is 13.7. The van der Waals surface area contributed by atoms with E-state index in [1.165, 1.54) is 29.8 Å². The summed E-state index contributed by atoms with van der Waals surface area (Å²) in [5.74, 6) is -4.87. The fourth-order valence-electron chi connectivity index (χ4n) is 4.13. The van der Waals surface area contributed by atoms with Crippen LogP contribution in [0.3, 0.4) is 0 Å². The zero-order chi connectivity index (χ0) is 40.5. The Morgan fingerprint density at radius 3 is 1.81 bits per heavy atom. The summed E-state index contributed by atoms with van der Waals surface area (Å²) in [6.07, 6.45) is 0.835. The molecule has 0 aliphatic carbocycles. The first-order chi connectivity index (χ1) is 25.2. The summed E-state index contributed by atoms with van der Waals surface area (Å²) in [5.41, 5.74) is 4.17. The van der Waals surface area contributed by atoms with E-state index in [0.717, 1.165) is 31.4 Å². The summed E-state index contributed by atoms with van der Waals surface area (Å²) in [4.78, 5) is 63.3. The number of halogens is 2. The number of alkyl carbamates (subject to hydrolysis) is 2. The molecule has 0 fully saturated rings. The first kappa shape index (κ1) is 44.3. The Morgan fingerprint density at radius 1 is 0.796 bits per heavy atom. The normalized spacial score (nSPS) is 10.8. The van der Waals surface area contributed by atoms with E-state index < -0.39 is 64.6 Å². The Labute approximate surface area is 313 Å². The minimum atomic E-state index is -1.09. The molecule has 3 amide bonds. The third-order valence-electron chi connectivity index (χ3n) is 6.48. The van der Waals surface area contributed by atoms with E-state index in [9.17, 15) is 32.8 Å². The molecule has 0 saturated heterocycles. The SMILES string of the molecule is CC(C)(C)OC(=O)NC(=Nc1ccc(C(=O)Oc2cc(F)c(CC(N)=O)c(F)c2)cc1)NC(=O)OC(C)(C)C.CCCCOC(=O)CCc1ccccc1. The number of nitrogens with zero attached hydrogens (tertiary/aromatic N) is 1. The minimum Gasteiger partial charge on any atom is -0.466 e. The van der Waals surface area contributed by atoms with Gasteiger partial charge in [0.2, 0.25) is 11.9 Å². The van der Waals surface area contributed by atoms with Crippen LogP contribution in [0.2, 0.25) is 0 Å². The number of benzene rings is 3. The van der Waals surface area contributed by atoms with Crippen LogP contribution in [0.1, 0.15) is 89.2 Å². The van der Waals surface area contributed by atoms with E-state index in [0.29, 0.717) is 13.0 Å². The minimum absolute atomic E-state index is 0.00210. The van der Waals surface area contributed by atoms with Crippen LogP contribution in [0.4, 0.5) is 24.1 Å². The highest BCUT2D eigenvalue weighted by Crippen LogP contribution is 2.23. The van der Waals surface area contributed by atoms with Crippen molar-refractivity contribution in [3.63, 3.8) is 0 Å². The van der Waals surface area contributed by atoms with Crippen molar-refractivity contribution in [2.45, 2.75) is 91.8 Å². The van der Waals surface area contributed by atoms with E-state index in [2.05, 4.69) is 22.5 Å². The molecule has 3 rings (SSSR count). The molecule has 0 heterocycles. The van der Waals surface area contributed by atoms with Crippen LogP contribution < -0.4 is 21.1 Å². The molecule has 0 spiro atoms. The third kappa shape index (κ3) is 18.1. The molecule has 54 heavy (non-hydrogen) atoms. The van der Waals surface area contributed by atoms with Gasteiger partial charge in [0, 0.05) is 24.1 Å². The van der Waals surface area contributed by atoms with E-state index in [4.69, 9.17) is 24.7 Å². The van der Waals surface area contributed by atoms with Crippen LogP contribution in [-0.4, -0.2) is 53.8 Å². The highest BCUT2D eigenvalue weighted by molar-refractivity contribution is 6.02. The molecule has 0 bridgehead atoms. The summed E-state index contributed by atoms with van der Waals surface area (Å²) in [7, 11) is 0. The molecule has 0 atom stereocenters. The van der Waals surface area contributed by atoms with E-state index in [1.807, 2.05) is 30.3 Å². The lowest BCUT2D eigenvalue weighted by Gasteiger charge is -2.22. The van der Waals surface area contributed by atoms with Gasteiger partial charge in [-0.3, -0.25) is 20.2 Å². The van der Waals surface area contributed by atoms with Gasteiger partial charge in [-0.1, -0.05) is 43.7 Å². The van der Waals surface area contributed by atoms with Crippen molar-refractivity contribution in [2.75, 3.05) is 6.61 Å². The number of hydrogen-bond acceptors (Lipinski definition) is 10. The number of rotatable bonds is 11. The fraction of sp³-hybridized carbons (Fsp3) is 0.385. The van der Waals surface area contributed by atoms with Gasteiger partial charge < -0.3 is 24.7 Å². The average molecular weight is 755 g/mol. The number of guanidine groups is 1. The van der Waals surface area contributed by atoms with Gasteiger partial charge in [0.05, 0.1) is 24.3 Å². The number of nitrogens with one attached hydrogen (secondary N) is 2. The second kappa shape index (κ2) is 21.0. The van der Waals surface area contributed by atoms with Crippen molar-refractivity contribution in [3.05, 3.63) is 95.1 Å². The molecule has 15 heteroatoms. The van der Waals surface area contributed by atoms with Gasteiger partial charge >= 0.3 is 24.1 Å². The van der Waals surface area contributed by atoms with Gasteiger partial charge in [-0.05, 0) is 84.2 Å². The number of aryl methyl sites for hydroxylation is 1. The van der Waals surface area contributed by atoms with Gasteiger partial charge in [-0.2, -0.15) is 0 Å². The Bertz CT molecular complexity index is 1710. The van der Waals surface area contributed by atoms with Crippen LogP contribution in [0.15, 0.2) is 71.7 Å². The van der Waals surface area contributed by atoms with E-state index >= 15 is 0 Å². The van der Waals surface area contributed by atoms with E-state index in [1.54, 1.807) is 41.5 Å². The second-order valence-electron chi connectivity index (χ2n) is 13.7. The molecule has 0 unspecified atom stereocenters. The van der Waals surface area contributed by atoms with Crippen molar-refractivity contribution in [1.82, 2.24) is 10.6 Å². The topological polar surface area (TPSA) is 185 Å². The van der Waals surface area contributed by atoms with Gasteiger partial charge in [0.15, 0.2) is 0 Å². The van der Waals surface area contributed by atoms with Crippen molar-refractivity contribution in [2.24, 2.45) is 10.7 Å². The quantitative estimate of drug-likeness (QED) is 0.0454. The number of carbonyl (C=O) groups excluding carboxylic acids is 5. The molecular formula is C39H48F2N4O9. The number of nitrogens with two attached hydrogens (primary N) is 1. The van der Waals surface area contributed by atoms with Gasteiger partial charge in [-0.15, -0.1) is 0 Å². The molecule has 292 valence electrons. The molecular weight excluding hydrogens is 706 g/mol. The summed E-state index contributed by atoms with van der Waals surface area (Å²) in [5, 5.41) is 4.64. The maximum Gasteiger partial charge on any atom is 0.414 e. The van der Waals surface area contributed by atoms with Crippen molar-refractivity contribution >= 4 is 41.7 Å². The highest BCUT2D eigenvalue weighted by Gasteiger charge is 2.22. The number of esters is 2. The van der Waals surface area contributed by atoms with Crippen molar-refractivity contribution in [1.29, 1.82) is 0 Å². The first-order valence-corrected chi connectivity index (χ1v) is 17.1. The molecule has 0 aliphatic heterocycles. The lowest BCUT2D eigenvalue weighted by Crippen LogP contribution is -2.47. The zero-order valence-corrected chi connectivity index (χ0v) is 31.5. The maximum atomic E-state index is 14.1. The number of unbranched alkanes of at least 4 members (excludes halogenated alkanes) is 1. The number of hydrogen-bond donors (Lipinski definition) is 3. The summed E-state index contributed by atoms with van der Waals surface area (Å²) in [6, 6.07) is 16.8. The molecule has 4 N–H and O–H groups in total. The van der Waals surface area contributed by atoms with Crippen molar-refractivity contribution in [3.8, 4) is 5.75 Å². The smallest absolute Gasteiger partial charge is 0.414 e. The largest absolute Gasteiger partial charge is 0.466 e. The standard InChI is InChI=1S/C26H30F2N4O7.C13H18O2/c1-25(2,3)38-23(35)31-22(32-24(36)39-26(4,5)6)30-15-9-7-14(8-10-15)21(34)37-16-11-18(27)17(13-20(29)33)19(28)12-16;1-2-3-11-15-13(14)10-9-12-7-5-4-6-8-12/h7-12H,13H2,1-6H3,(H2,29,33)(H2,30,31,32,35,36);4-8H,2-3,9-11H2,1H3. The average Bonchev–Trinajstić information content (AvgIpc) is 3.05. The highest BCUT2D eigenvalue weighted by atomic mass is 19.1. The lowest BCUT2D eigenvalue weighted by atomic mass is 10.1. The number of amides is 3. The Balaban J connectivity index is 0.000000559. The Hall–Kier alpha value is -5.86. The Morgan fingerprint density at radius 2 is 1.33 bits per heavy atom. The van der Waals surface area contributed by atoms with Crippen LogP contribution in [-0.2, 0) is 36.6 Å². The number of ether oxygens (including phenoxy) is 4. The van der Waals surface area contributed by atoms with Crippen LogP contribution in [0, 0.1) is 11.6 Å². The van der Waals surface area contributed by atoms with Gasteiger partial charge in [0.25, 0.3) is 0 Å². The molecule has 0 aliphatic rings. The fourth-order valence-corrected chi connectivity index (χ4v) is 4.13. The molecule has 0 radical (unpaired) electrons. The summed E-state index contributed by atoms with van der Waals surface area (Å²) in [6.45, 7) is 12.6. The maximum absolute atomic E-state index is 14.1. The molecule has 0 aromatic heterocycles. The van der Waals surface area contributed by atoms with Gasteiger partial charge in [0.1, 0.15) is 28.6 Å². The summed E-state index contributed by atoms with van der Waals surface area (Å²) < 4.78 is 48.7. The predicted molar refractivity (Wildman–Crippen MR) is 197 cm³/mol. The van der Waals surface area contributed by atoms with Crippen LogP contribution in [0.25, 0.3) is 0 Å². The molecule has 0 saturated carbocycles. The lowest BCUT2D eigenvalue weighted by molar-refractivity contribution is -0.143. The van der Waals surface area contributed by atoms with Crippen LogP contribution in [0.5, 0.6) is 5.75 Å². The van der Waals surface area contributed by atoms with Gasteiger partial charge in [-0.25, -0.2) is 28.2 Å². The Kier molecular flexibility index (Phi) is 17.2. The third-order valence-corrected chi connectivity index (χ3v) is 6.48. The van der Waals surface area contributed by atoms with Crippen molar-refractivity contribution < 1.29 is 51.7 Å². The number of aliphatic imine (C=N–C) groups is 1. The number of primary amides is 1. The van der Waals surface area contributed by atoms with Crippen LogP contribution >= 0.6 is 0 Å². The molecule has 3 aromatic rings.